The monoisotopic (exact) mass is 394 g/mol. The first-order chi connectivity index (χ1) is 13.0. The van der Waals surface area contributed by atoms with E-state index in [1.54, 1.807) is 8.61 Å². The topological polar surface area (TPSA) is 72.9 Å². The van der Waals surface area contributed by atoms with Gasteiger partial charge in [0.25, 0.3) is 10.2 Å². The molecule has 150 valence electrons. The van der Waals surface area contributed by atoms with E-state index >= 15 is 0 Å². The van der Waals surface area contributed by atoms with Crippen molar-refractivity contribution in [1.82, 2.24) is 18.6 Å². The molecule has 4 heterocycles. The standard InChI is InChI=1S/C18H30N6O2S/c1-16-19-17(21-7-3-2-4-8-21)15-18(20-16)22-11-13-24(14-12-22)27(25,26)23-9-5-6-10-23/h15H,2-14H2,1H3. The lowest BCUT2D eigenvalue weighted by Gasteiger charge is -2.37. The lowest BCUT2D eigenvalue weighted by molar-refractivity contribution is 0.343. The van der Waals surface area contributed by atoms with E-state index in [0.717, 1.165) is 43.4 Å². The van der Waals surface area contributed by atoms with Gasteiger partial charge in [-0.1, -0.05) is 0 Å². The molecule has 8 nitrogen and oxygen atoms in total. The highest BCUT2D eigenvalue weighted by atomic mass is 32.2. The molecule has 27 heavy (non-hydrogen) atoms. The van der Waals surface area contributed by atoms with E-state index in [0.29, 0.717) is 39.3 Å². The van der Waals surface area contributed by atoms with Crippen molar-refractivity contribution in [3.63, 3.8) is 0 Å². The lowest BCUT2D eigenvalue weighted by atomic mass is 10.1. The lowest BCUT2D eigenvalue weighted by Crippen LogP contribution is -2.52. The van der Waals surface area contributed by atoms with Gasteiger partial charge in [0.1, 0.15) is 17.5 Å². The Labute approximate surface area is 162 Å². The Morgan fingerprint density at radius 2 is 1.19 bits per heavy atom. The average Bonchev–Trinajstić information content (AvgIpc) is 3.24. The van der Waals surface area contributed by atoms with E-state index in [-0.39, 0.29) is 0 Å². The van der Waals surface area contributed by atoms with Crippen LogP contribution in [0.1, 0.15) is 37.9 Å². The van der Waals surface area contributed by atoms with Crippen LogP contribution in [0.25, 0.3) is 0 Å². The number of piperidine rings is 1. The molecule has 0 aromatic carbocycles. The van der Waals surface area contributed by atoms with E-state index < -0.39 is 10.2 Å². The number of aromatic nitrogens is 2. The van der Waals surface area contributed by atoms with Gasteiger partial charge in [-0.3, -0.25) is 0 Å². The SMILES string of the molecule is Cc1nc(N2CCCCC2)cc(N2CCN(S(=O)(=O)N3CCCC3)CC2)n1. The third-order valence-electron chi connectivity index (χ3n) is 5.77. The second-order valence-electron chi connectivity index (χ2n) is 7.68. The fraction of sp³-hybridized carbons (Fsp3) is 0.778. The van der Waals surface area contributed by atoms with E-state index in [2.05, 4.69) is 25.8 Å². The molecular formula is C18H30N6O2S. The molecule has 9 heteroatoms. The molecule has 1 aromatic rings. The van der Waals surface area contributed by atoms with Crippen LogP contribution in [-0.2, 0) is 10.2 Å². The average molecular weight is 395 g/mol. The molecule has 3 aliphatic rings. The Bertz CT molecular complexity index is 751. The van der Waals surface area contributed by atoms with Crippen LogP contribution in [0.2, 0.25) is 0 Å². The summed E-state index contributed by atoms with van der Waals surface area (Å²) >= 11 is 0. The summed E-state index contributed by atoms with van der Waals surface area (Å²) in [5, 5.41) is 0. The van der Waals surface area contributed by atoms with Crippen molar-refractivity contribution < 1.29 is 8.42 Å². The van der Waals surface area contributed by atoms with Crippen molar-refractivity contribution in [2.24, 2.45) is 0 Å². The summed E-state index contributed by atoms with van der Waals surface area (Å²) in [7, 11) is -3.30. The summed E-state index contributed by atoms with van der Waals surface area (Å²) in [4.78, 5) is 13.8. The Kier molecular flexibility index (Phi) is 5.52. The number of rotatable bonds is 4. The molecule has 0 N–H and O–H groups in total. The van der Waals surface area contributed by atoms with Crippen LogP contribution in [0.4, 0.5) is 11.6 Å². The minimum Gasteiger partial charge on any atom is -0.356 e. The first-order valence-corrected chi connectivity index (χ1v) is 11.5. The second-order valence-corrected chi connectivity index (χ2v) is 9.61. The largest absolute Gasteiger partial charge is 0.356 e. The van der Waals surface area contributed by atoms with E-state index in [9.17, 15) is 8.42 Å². The molecule has 0 bridgehead atoms. The Hall–Kier alpha value is -1.45. The Morgan fingerprint density at radius 3 is 1.78 bits per heavy atom. The Morgan fingerprint density at radius 1 is 0.704 bits per heavy atom. The summed E-state index contributed by atoms with van der Waals surface area (Å²) in [6.07, 6.45) is 5.66. The van der Waals surface area contributed by atoms with Gasteiger partial charge in [0.15, 0.2) is 0 Å². The number of anilines is 2. The molecular weight excluding hydrogens is 364 g/mol. The Balaban J connectivity index is 1.44. The van der Waals surface area contributed by atoms with Crippen LogP contribution >= 0.6 is 0 Å². The van der Waals surface area contributed by atoms with Gasteiger partial charge in [0.2, 0.25) is 0 Å². The maximum atomic E-state index is 12.7. The van der Waals surface area contributed by atoms with Gasteiger partial charge in [-0.2, -0.15) is 17.0 Å². The highest BCUT2D eigenvalue weighted by Gasteiger charge is 2.34. The summed E-state index contributed by atoms with van der Waals surface area (Å²) in [5.41, 5.74) is 0. The van der Waals surface area contributed by atoms with Gasteiger partial charge in [-0.25, -0.2) is 9.97 Å². The summed E-state index contributed by atoms with van der Waals surface area (Å²) < 4.78 is 28.8. The van der Waals surface area contributed by atoms with Gasteiger partial charge in [-0.05, 0) is 39.0 Å². The molecule has 0 spiro atoms. The van der Waals surface area contributed by atoms with Gasteiger partial charge < -0.3 is 9.80 Å². The van der Waals surface area contributed by atoms with Crippen LogP contribution < -0.4 is 9.80 Å². The van der Waals surface area contributed by atoms with Gasteiger partial charge in [-0.15, -0.1) is 0 Å². The van der Waals surface area contributed by atoms with E-state index in [4.69, 9.17) is 0 Å². The summed E-state index contributed by atoms with van der Waals surface area (Å²) in [5.74, 6) is 2.70. The quantitative estimate of drug-likeness (QED) is 0.765. The van der Waals surface area contributed by atoms with Crippen LogP contribution in [0.3, 0.4) is 0 Å². The molecule has 0 unspecified atom stereocenters. The first kappa shape index (κ1) is 18.9. The maximum Gasteiger partial charge on any atom is 0.282 e. The number of piperazine rings is 1. The fourth-order valence-electron chi connectivity index (χ4n) is 4.21. The van der Waals surface area contributed by atoms with Crippen LogP contribution in [0, 0.1) is 6.92 Å². The number of hydrogen-bond acceptors (Lipinski definition) is 6. The minimum atomic E-state index is -3.30. The number of hydrogen-bond donors (Lipinski definition) is 0. The zero-order chi connectivity index (χ0) is 18.9. The highest BCUT2D eigenvalue weighted by Crippen LogP contribution is 2.24. The third kappa shape index (κ3) is 4.05. The van der Waals surface area contributed by atoms with Gasteiger partial charge in [0, 0.05) is 58.4 Å². The molecule has 3 saturated heterocycles. The molecule has 3 fully saturated rings. The molecule has 0 saturated carbocycles. The molecule has 1 aromatic heterocycles. The zero-order valence-corrected chi connectivity index (χ0v) is 17.0. The predicted octanol–water partition coefficient (Wildman–Crippen LogP) is 1.24. The summed E-state index contributed by atoms with van der Waals surface area (Å²) in [6.45, 7) is 7.73. The first-order valence-electron chi connectivity index (χ1n) is 10.1. The van der Waals surface area contributed by atoms with Crippen LogP contribution in [0.15, 0.2) is 6.07 Å². The predicted molar refractivity (Wildman–Crippen MR) is 106 cm³/mol. The van der Waals surface area contributed by atoms with Crippen molar-refractivity contribution in [3.8, 4) is 0 Å². The highest BCUT2D eigenvalue weighted by molar-refractivity contribution is 7.86. The smallest absolute Gasteiger partial charge is 0.282 e. The minimum absolute atomic E-state index is 0.515. The van der Waals surface area contributed by atoms with E-state index in [1.165, 1.54) is 19.3 Å². The number of aryl methyl sites for hydroxylation is 1. The van der Waals surface area contributed by atoms with E-state index in [1.807, 2.05) is 6.92 Å². The molecule has 3 aliphatic heterocycles. The van der Waals surface area contributed by atoms with Crippen molar-refractivity contribution in [1.29, 1.82) is 0 Å². The van der Waals surface area contributed by atoms with Crippen LogP contribution in [-0.4, -0.2) is 79.4 Å². The molecule has 0 amide bonds. The van der Waals surface area contributed by atoms with Crippen molar-refractivity contribution in [2.75, 3.05) is 62.2 Å². The normalized spacial score (nSPS) is 23.1. The maximum absolute atomic E-state index is 12.7. The third-order valence-corrected chi connectivity index (χ3v) is 7.81. The molecule has 0 radical (unpaired) electrons. The summed E-state index contributed by atoms with van der Waals surface area (Å²) in [6, 6.07) is 2.07. The van der Waals surface area contributed by atoms with Crippen molar-refractivity contribution in [2.45, 2.75) is 39.0 Å². The second kappa shape index (κ2) is 7.89. The molecule has 0 atom stereocenters. The number of nitrogens with zero attached hydrogens (tertiary/aromatic N) is 6. The molecule has 4 rings (SSSR count). The fourth-order valence-corrected chi connectivity index (χ4v) is 5.88. The van der Waals surface area contributed by atoms with Crippen LogP contribution in [0.5, 0.6) is 0 Å². The van der Waals surface area contributed by atoms with Gasteiger partial charge in [0.05, 0.1) is 0 Å². The molecule has 0 aliphatic carbocycles. The van der Waals surface area contributed by atoms with Gasteiger partial charge >= 0.3 is 0 Å². The van der Waals surface area contributed by atoms with Crippen molar-refractivity contribution >= 4 is 21.8 Å². The zero-order valence-electron chi connectivity index (χ0n) is 16.2. The van der Waals surface area contributed by atoms with Crippen molar-refractivity contribution in [3.05, 3.63) is 11.9 Å².